The van der Waals surface area contributed by atoms with E-state index in [1.165, 1.54) is 24.2 Å². The third-order valence-corrected chi connectivity index (χ3v) is 3.88. The maximum atomic E-state index is 9.31. The molecule has 0 unspecified atom stereocenters. The summed E-state index contributed by atoms with van der Waals surface area (Å²) in [5.41, 5.74) is 3.95. The van der Waals surface area contributed by atoms with Gasteiger partial charge in [0.25, 0.3) is 0 Å². The topological polar surface area (TPSA) is 20.2 Å². The summed E-state index contributed by atoms with van der Waals surface area (Å²) in [5, 5.41) is 9.31. The number of rotatable bonds is 3. The van der Waals surface area contributed by atoms with Gasteiger partial charge in [0, 0.05) is 11.1 Å². The zero-order valence-corrected chi connectivity index (χ0v) is 9.66. The molecule has 1 aromatic rings. The molecule has 1 N–H and O–H groups in total. The second kappa shape index (κ2) is 3.95. The zero-order chi connectivity index (χ0) is 10.9. The molecule has 15 heavy (non-hydrogen) atoms. The summed E-state index contributed by atoms with van der Waals surface area (Å²) >= 11 is 0. The van der Waals surface area contributed by atoms with Crippen LogP contribution in [0.4, 0.5) is 0 Å². The van der Waals surface area contributed by atoms with Crippen LogP contribution in [0.15, 0.2) is 18.2 Å². The van der Waals surface area contributed by atoms with Gasteiger partial charge in [0.1, 0.15) is 13.1 Å². The summed E-state index contributed by atoms with van der Waals surface area (Å²) in [4.78, 5) is 0. The van der Waals surface area contributed by atoms with Gasteiger partial charge in [0.05, 0.1) is 19.7 Å². The summed E-state index contributed by atoms with van der Waals surface area (Å²) in [6.45, 7) is 9.28. The maximum Gasteiger partial charge on any atom is 0.105 e. The standard InChI is InChI=1S/C13H20NO/c1-3-14(4-2)8-11-6-5-7-12(10-15)13(11)9-14/h5-7,15H,3-4,8-10H2,1-2H3/q+1. The van der Waals surface area contributed by atoms with Crippen LogP contribution in [-0.2, 0) is 19.7 Å². The molecular formula is C13H20NO+. The maximum absolute atomic E-state index is 9.31. The van der Waals surface area contributed by atoms with E-state index < -0.39 is 0 Å². The predicted octanol–water partition coefficient (Wildman–Crippen LogP) is 2.05. The van der Waals surface area contributed by atoms with Gasteiger partial charge < -0.3 is 9.59 Å². The third kappa shape index (κ3) is 1.68. The van der Waals surface area contributed by atoms with Crippen LogP contribution in [0.25, 0.3) is 0 Å². The molecule has 2 heteroatoms. The molecule has 1 aliphatic heterocycles. The summed E-state index contributed by atoms with van der Waals surface area (Å²) < 4.78 is 1.15. The second-order valence-electron chi connectivity index (χ2n) is 4.50. The molecule has 0 aromatic heterocycles. The lowest BCUT2D eigenvalue weighted by Gasteiger charge is -2.31. The number of fused-ring (bicyclic) bond motifs is 1. The van der Waals surface area contributed by atoms with Crippen molar-refractivity contribution in [2.45, 2.75) is 33.5 Å². The molecule has 0 amide bonds. The minimum atomic E-state index is 0.177. The van der Waals surface area contributed by atoms with E-state index in [2.05, 4.69) is 26.0 Å². The number of quaternary nitrogens is 1. The fraction of sp³-hybridized carbons (Fsp3) is 0.538. The third-order valence-electron chi connectivity index (χ3n) is 3.88. The van der Waals surface area contributed by atoms with Gasteiger partial charge in [-0.25, -0.2) is 0 Å². The van der Waals surface area contributed by atoms with Crippen molar-refractivity contribution >= 4 is 0 Å². The Balaban J connectivity index is 2.37. The molecule has 1 heterocycles. The average Bonchev–Trinajstić information content (AvgIpc) is 2.68. The summed E-state index contributed by atoms with van der Waals surface area (Å²) in [6.07, 6.45) is 0. The first-order valence-corrected chi connectivity index (χ1v) is 5.80. The van der Waals surface area contributed by atoms with E-state index in [-0.39, 0.29) is 6.61 Å². The lowest BCUT2D eigenvalue weighted by molar-refractivity contribution is -0.944. The van der Waals surface area contributed by atoms with Crippen LogP contribution < -0.4 is 0 Å². The number of hydrogen-bond donors (Lipinski definition) is 1. The number of aliphatic hydroxyl groups excluding tert-OH is 1. The molecule has 0 bridgehead atoms. The van der Waals surface area contributed by atoms with E-state index in [1.807, 2.05) is 6.07 Å². The summed E-state index contributed by atoms with van der Waals surface area (Å²) in [7, 11) is 0. The van der Waals surface area contributed by atoms with E-state index in [0.29, 0.717) is 0 Å². The Kier molecular flexibility index (Phi) is 2.81. The molecule has 1 aliphatic rings. The first-order valence-electron chi connectivity index (χ1n) is 5.80. The van der Waals surface area contributed by atoms with Crippen LogP contribution in [0.2, 0.25) is 0 Å². The fourth-order valence-electron chi connectivity index (χ4n) is 2.61. The molecule has 82 valence electrons. The van der Waals surface area contributed by atoms with Gasteiger partial charge in [0.15, 0.2) is 0 Å². The fourth-order valence-corrected chi connectivity index (χ4v) is 2.61. The molecule has 0 saturated carbocycles. The van der Waals surface area contributed by atoms with E-state index in [4.69, 9.17) is 0 Å². The van der Waals surface area contributed by atoms with Gasteiger partial charge in [-0.1, -0.05) is 18.2 Å². The van der Waals surface area contributed by atoms with E-state index in [0.717, 1.165) is 23.1 Å². The number of hydrogen-bond acceptors (Lipinski definition) is 1. The average molecular weight is 206 g/mol. The zero-order valence-electron chi connectivity index (χ0n) is 9.66. The lowest BCUT2D eigenvalue weighted by atomic mass is 10.0. The molecule has 0 aliphatic carbocycles. The van der Waals surface area contributed by atoms with Crippen LogP contribution in [-0.4, -0.2) is 22.7 Å². The second-order valence-corrected chi connectivity index (χ2v) is 4.50. The van der Waals surface area contributed by atoms with Crippen molar-refractivity contribution in [3.8, 4) is 0 Å². The van der Waals surface area contributed by atoms with E-state index in [1.54, 1.807) is 0 Å². The van der Waals surface area contributed by atoms with Gasteiger partial charge in [-0.2, -0.15) is 0 Å². The molecule has 0 fully saturated rings. The van der Waals surface area contributed by atoms with Crippen LogP contribution in [0.1, 0.15) is 30.5 Å². The SMILES string of the molecule is CC[N+]1(CC)Cc2cccc(CO)c2C1. The van der Waals surface area contributed by atoms with Crippen LogP contribution in [0.5, 0.6) is 0 Å². The van der Waals surface area contributed by atoms with Crippen LogP contribution in [0, 0.1) is 0 Å². The summed E-state index contributed by atoms with van der Waals surface area (Å²) in [6, 6.07) is 6.32. The van der Waals surface area contributed by atoms with Gasteiger partial charge in [-0.15, -0.1) is 0 Å². The Bertz CT molecular complexity index is 356. The minimum absolute atomic E-state index is 0.177. The van der Waals surface area contributed by atoms with E-state index >= 15 is 0 Å². The van der Waals surface area contributed by atoms with Crippen molar-refractivity contribution in [3.63, 3.8) is 0 Å². The van der Waals surface area contributed by atoms with Crippen LogP contribution >= 0.6 is 0 Å². The Morgan fingerprint density at radius 3 is 2.53 bits per heavy atom. The Labute approximate surface area is 91.7 Å². The Morgan fingerprint density at radius 1 is 1.20 bits per heavy atom. The monoisotopic (exact) mass is 206 g/mol. The highest BCUT2D eigenvalue weighted by atomic mass is 16.3. The largest absolute Gasteiger partial charge is 0.392 e. The molecule has 0 radical (unpaired) electrons. The number of aliphatic hydroxyl groups is 1. The highest BCUT2D eigenvalue weighted by Gasteiger charge is 2.33. The van der Waals surface area contributed by atoms with Gasteiger partial charge in [0.2, 0.25) is 0 Å². The number of benzene rings is 1. The smallest absolute Gasteiger partial charge is 0.105 e. The van der Waals surface area contributed by atoms with Crippen molar-refractivity contribution < 1.29 is 9.59 Å². The molecular weight excluding hydrogens is 186 g/mol. The number of nitrogens with zero attached hydrogens (tertiary/aromatic N) is 1. The highest BCUT2D eigenvalue weighted by Crippen LogP contribution is 2.31. The molecule has 0 spiro atoms. The van der Waals surface area contributed by atoms with Gasteiger partial charge in [-0.05, 0) is 19.4 Å². The first-order chi connectivity index (χ1) is 7.24. The molecule has 0 saturated heterocycles. The first kappa shape index (κ1) is 10.7. The quantitative estimate of drug-likeness (QED) is 0.750. The van der Waals surface area contributed by atoms with Crippen molar-refractivity contribution in [2.24, 2.45) is 0 Å². The Hall–Kier alpha value is -0.860. The van der Waals surface area contributed by atoms with Crippen LogP contribution in [0.3, 0.4) is 0 Å². The molecule has 2 nitrogen and oxygen atoms in total. The van der Waals surface area contributed by atoms with Crippen molar-refractivity contribution in [3.05, 3.63) is 34.9 Å². The van der Waals surface area contributed by atoms with E-state index in [9.17, 15) is 5.11 Å². The van der Waals surface area contributed by atoms with Crippen molar-refractivity contribution in [1.29, 1.82) is 0 Å². The predicted molar refractivity (Wildman–Crippen MR) is 61.1 cm³/mol. The molecule has 1 aromatic carbocycles. The highest BCUT2D eigenvalue weighted by molar-refractivity contribution is 5.35. The van der Waals surface area contributed by atoms with Gasteiger partial charge >= 0.3 is 0 Å². The minimum Gasteiger partial charge on any atom is -0.392 e. The molecule has 0 atom stereocenters. The lowest BCUT2D eigenvalue weighted by Crippen LogP contribution is -2.42. The Morgan fingerprint density at radius 2 is 1.93 bits per heavy atom. The normalized spacial score (nSPS) is 17.8. The molecule has 2 rings (SSSR count). The van der Waals surface area contributed by atoms with Gasteiger partial charge in [-0.3, -0.25) is 0 Å². The van der Waals surface area contributed by atoms with Crippen molar-refractivity contribution in [1.82, 2.24) is 0 Å². The van der Waals surface area contributed by atoms with Crippen molar-refractivity contribution in [2.75, 3.05) is 13.1 Å². The summed E-state index contributed by atoms with van der Waals surface area (Å²) in [5.74, 6) is 0.